The van der Waals surface area contributed by atoms with Crippen LogP contribution in [0.5, 0.6) is 5.75 Å². The van der Waals surface area contributed by atoms with Gasteiger partial charge in [0.25, 0.3) is 5.91 Å². The minimum Gasteiger partial charge on any atom is -0.496 e. The van der Waals surface area contributed by atoms with E-state index in [4.69, 9.17) is 9.47 Å². The molecule has 0 atom stereocenters. The molecule has 0 aliphatic carbocycles. The molecule has 0 bridgehead atoms. The zero-order valence-corrected chi connectivity index (χ0v) is 13.5. The lowest BCUT2D eigenvalue weighted by Gasteiger charge is -2.09. The number of aromatic amines is 1. The summed E-state index contributed by atoms with van der Waals surface area (Å²) in [5.41, 5.74) is 1.13. The van der Waals surface area contributed by atoms with Crippen molar-refractivity contribution in [1.82, 2.24) is 10.3 Å². The largest absolute Gasteiger partial charge is 0.496 e. The Labute approximate surface area is 135 Å². The monoisotopic (exact) mass is 366 g/mol. The van der Waals surface area contributed by atoms with Gasteiger partial charge in [0, 0.05) is 22.8 Å². The van der Waals surface area contributed by atoms with Crippen LogP contribution in [0, 0.1) is 0 Å². The van der Waals surface area contributed by atoms with Crippen molar-refractivity contribution < 1.29 is 19.1 Å². The molecule has 6 nitrogen and oxygen atoms in total. The number of esters is 1. The Morgan fingerprint density at radius 3 is 2.77 bits per heavy atom. The lowest BCUT2D eigenvalue weighted by molar-refractivity contribution is -0.124. The Morgan fingerprint density at radius 1 is 1.32 bits per heavy atom. The highest BCUT2D eigenvalue weighted by molar-refractivity contribution is 9.10. The highest BCUT2D eigenvalue weighted by atomic mass is 79.9. The molecule has 0 aliphatic heterocycles. The summed E-state index contributed by atoms with van der Waals surface area (Å²) in [7, 11) is 1.57. The van der Waals surface area contributed by atoms with Crippen molar-refractivity contribution in [3.05, 3.63) is 52.3 Å². The maximum atomic E-state index is 11.7. The maximum absolute atomic E-state index is 11.7. The minimum atomic E-state index is -0.585. The van der Waals surface area contributed by atoms with Crippen molar-refractivity contribution in [2.24, 2.45) is 0 Å². The van der Waals surface area contributed by atoms with Crippen LogP contribution in [0.4, 0.5) is 0 Å². The molecule has 7 heteroatoms. The number of hydrogen-bond donors (Lipinski definition) is 2. The van der Waals surface area contributed by atoms with Crippen molar-refractivity contribution in [2.75, 3.05) is 13.7 Å². The summed E-state index contributed by atoms with van der Waals surface area (Å²) in [6.45, 7) is -0.0426. The number of ether oxygens (including phenoxy) is 2. The number of amides is 1. The smallest absolute Gasteiger partial charge is 0.355 e. The molecule has 2 rings (SSSR count). The molecule has 2 aromatic rings. The lowest BCUT2D eigenvalue weighted by atomic mass is 10.2. The number of benzene rings is 1. The average Bonchev–Trinajstić information content (AvgIpc) is 2.97. The third-order valence-corrected chi connectivity index (χ3v) is 3.33. The van der Waals surface area contributed by atoms with E-state index in [1.165, 1.54) is 0 Å². The van der Waals surface area contributed by atoms with Crippen molar-refractivity contribution in [1.29, 1.82) is 0 Å². The van der Waals surface area contributed by atoms with Crippen molar-refractivity contribution in [3.63, 3.8) is 0 Å². The molecular weight excluding hydrogens is 352 g/mol. The molecule has 0 saturated heterocycles. The van der Waals surface area contributed by atoms with Crippen LogP contribution in [0.15, 0.2) is 41.0 Å². The second kappa shape index (κ2) is 7.65. The molecule has 2 N–H and O–H groups in total. The Kier molecular flexibility index (Phi) is 5.60. The molecule has 0 fully saturated rings. The number of nitrogens with one attached hydrogen (secondary N) is 2. The van der Waals surface area contributed by atoms with E-state index < -0.39 is 5.97 Å². The molecule has 1 aromatic heterocycles. The quantitative estimate of drug-likeness (QED) is 0.768. The van der Waals surface area contributed by atoms with Crippen LogP contribution < -0.4 is 10.1 Å². The molecule has 0 spiro atoms. The van der Waals surface area contributed by atoms with Gasteiger partial charge in [0.1, 0.15) is 11.4 Å². The van der Waals surface area contributed by atoms with Crippen LogP contribution in [0.1, 0.15) is 16.1 Å². The molecule has 0 saturated carbocycles. The Morgan fingerprint density at radius 2 is 2.09 bits per heavy atom. The van der Waals surface area contributed by atoms with Crippen molar-refractivity contribution >= 4 is 27.8 Å². The number of carbonyl (C=O) groups excluding carboxylic acids is 2. The van der Waals surface area contributed by atoms with E-state index in [0.29, 0.717) is 12.3 Å². The van der Waals surface area contributed by atoms with Crippen LogP contribution in [-0.2, 0) is 16.1 Å². The van der Waals surface area contributed by atoms with E-state index in [1.807, 2.05) is 24.3 Å². The molecule has 1 aromatic carbocycles. The Bertz CT molecular complexity index is 669. The topological polar surface area (TPSA) is 80.4 Å². The van der Waals surface area contributed by atoms with Gasteiger partial charge in [-0.15, -0.1) is 0 Å². The third kappa shape index (κ3) is 4.36. The number of H-pyrrole nitrogens is 1. The van der Waals surface area contributed by atoms with E-state index in [9.17, 15) is 9.59 Å². The van der Waals surface area contributed by atoms with Crippen molar-refractivity contribution in [3.8, 4) is 5.75 Å². The first kappa shape index (κ1) is 16.1. The summed E-state index contributed by atoms with van der Waals surface area (Å²) in [4.78, 5) is 26.1. The fourth-order valence-electron chi connectivity index (χ4n) is 1.79. The number of halogens is 1. The minimum absolute atomic E-state index is 0.282. The summed E-state index contributed by atoms with van der Waals surface area (Å²) >= 11 is 3.21. The number of para-hydroxylation sites is 1. The van der Waals surface area contributed by atoms with Gasteiger partial charge in [0.2, 0.25) is 0 Å². The molecule has 1 amide bonds. The van der Waals surface area contributed by atoms with Crippen LogP contribution >= 0.6 is 15.9 Å². The van der Waals surface area contributed by atoms with Crippen LogP contribution in [0.2, 0.25) is 0 Å². The first-order valence-corrected chi connectivity index (χ1v) is 7.29. The second-order valence-corrected chi connectivity index (χ2v) is 5.31. The zero-order valence-electron chi connectivity index (χ0n) is 11.9. The van der Waals surface area contributed by atoms with E-state index in [-0.39, 0.29) is 18.2 Å². The van der Waals surface area contributed by atoms with Gasteiger partial charge >= 0.3 is 5.97 Å². The first-order valence-electron chi connectivity index (χ1n) is 6.50. The van der Waals surface area contributed by atoms with Gasteiger partial charge in [-0.25, -0.2) is 4.79 Å². The Balaban J connectivity index is 1.80. The molecule has 116 valence electrons. The summed E-state index contributed by atoms with van der Waals surface area (Å²) in [6, 6.07) is 8.94. The highest BCUT2D eigenvalue weighted by Gasteiger charge is 2.12. The molecule has 0 unspecified atom stereocenters. The number of aromatic nitrogens is 1. The van der Waals surface area contributed by atoms with Gasteiger partial charge in [-0.1, -0.05) is 18.2 Å². The van der Waals surface area contributed by atoms with E-state index in [1.54, 1.807) is 19.4 Å². The predicted molar refractivity (Wildman–Crippen MR) is 83.6 cm³/mol. The predicted octanol–water partition coefficient (Wildman–Crippen LogP) is 2.26. The standard InChI is InChI=1S/C15H15BrN2O4/c1-21-13-5-3-2-4-10(13)7-18-14(19)9-22-15(20)12-6-11(16)8-17-12/h2-6,8,17H,7,9H2,1H3,(H,18,19). The molecule has 22 heavy (non-hydrogen) atoms. The number of carbonyl (C=O) groups is 2. The fourth-order valence-corrected chi connectivity index (χ4v) is 2.13. The average molecular weight is 367 g/mol. The Hall–Kier alpha value is -2.28. The van der Waals surface area contributed by atoms with Crippen LogP contribution in [-0.4, -0.2) is 30.6 Å². The normalized spacial score (nSPS) is 10.1. The van der Waals surface area contributed by atoms with Gasteiger partial charge < -0.3 is 19.8 Å². The first-order chi connectivity index (χ1) is 10.6. The van der Waals surface area contributed by atoms with Gasteiger partial charge in [-0.2, -0.15) is 0 Å². The van der Waals surface area contributed by atoms with E-state index in [2.05, 4.69) is 26.2 Å². The fraction of sp³-hybridized carbons (Fsp3) is 0.200. The maximum Gasteiger partial charge on any atom is 0.355 e. The second-order valence-electron chi connectivity index (χ2n) is 4.40. The lowest BCUT2D eigenvalue weighted by Crippen LogP contribution is -2.28. The molecule has 0 aliphatic rings. The number of hydrogen-bond acceptors (Lipinski definition) is 4. The molecule has 0 radical (unpaired) electrons. The zero-order chi connectivity index (χ0) is 15.9. The van der Waals surface area contributed by atoms with Gasteiger partial charge in [-0.05, 0) is 28.1 Å². The van der Waals surface area contributed by atoms with Gasteiger partial charge in [-0.3, -0.25) is 4.79 Å². The van der Waals surface area contributed by atoms with Crippen LogP contribution in [0.25, 0.3) is 0 Å². The van der Waals surface area contributed by atoms with E-state index >= 15 is 0 Å². The number of rotatable bonds is 6. The highest BCUT2D eigenvalue weighted by Crippen LogP contribution is 2.16. The summed E-state index contributed by atoms with van der Waals surface area (Å²) in [5, 5.41) is 2.67. The number of methoxy groups -OCH3 is 1. The summed E-state index contributed by atoms with van der Waals surface area (Å²) < 4.78 is 10.8. The van der Waals surface area contributed by atoms with E-state index in [0.717, 1.165) is 10.0 Å². The SMILES string of the molecule is COc1ccccc1CNC(=O)COC(=O)c1cc(Br)c[nH]1. The third-order valence-electron chi connectivity index (χ3n) is 2.87. The van der Waals surface area contributed by atoms with Crippen LogP contribution in [0.3, 0.4) is 0 Å². The van der Waals surface area contributed by atoms with Crippen molar-refractivity contribution in [2.45, 2.75) is 6.54 Å². The summed E-state index contributed by atoms with van der Waals surface area (Å²) in [5.74, 6) is -0.279. The molecular formula is C15H15BrN2O4. The van der Waals surface area contributed by atoms with Gasteiger partial charge in [0.05, 0.1) is 7.11 Å². The summed E-state index contributed by atoms with van der Waals surface area (Å²) in [6.07, 6.45) is 1.61. The molecule has 1 heterocycles. The van der Waals surface area contributed by atoms with Gasteiger partial charge in [0.15, 0.2) is 6.61 Å².